The Bertz CT molecular complexity index is 737. The highest BCUT2D eigenvalue weighted by molar-refractivity contribution is 6.51. The van der Waals surface area contributed by atoms with Gasteiger partial charge < -0.3 is 0 Å². The second kappa shape index (κ2) is 5.23. The molecule has 0 saturated heterocycles. The van der Waals surface area contributed by atoms with Crippen molar-refractivity contribution in [3.63, 3.8) is 0 Å². The molecule has 0 aliphatic heterocycles. The predicted molar refractivity (Wildman–Crippen MR) is 84.6 cm³/mol. The molecule has 20 heavy (non-hydrogen) atoms. The number of rotatable bonds is 1. The quantitative estimate of drug-likeness (QED) is 0.451. The fraction of sp³-hybridized carbons (Fsp3) is 0.133. The lowest BCUT2D eigenvalue weighted by atomic mass is 10.0. The Labute approximate surface area is 136 Å². The zero-order valence-electron chi connectivity index (χ0n) is 10.1. The van der Waals surface area contributed by atoms with Gasteiger partial charge in [-0.15, -0.1) is 0 Å². The summed E-state index contributed by atoms with van der Waals surface area (Å²) in [5.74, 6) is 0.179. The molecular weight excluding hydrogens is 338 g/mol. The first-order chi connectivity index (χ1) is 9.49. The van der Waals surface area contributed by atoms with E-state index in [1.807, 2.05) is 18.2 Å². The molecule has 1 aliphatic rings. The van der Waals surface area contributed by atoms with Gasteiger partial charge in [0.15, 0.2) is 5.78 Å². The molecule has 5 heteroatoms. The van der Waals surface area contributed by atoms with Crippen LogP contribution in [0.2, 0.25) is 20.1 Å². The van der Waals surface area contributed by atoms with E-state index in [0.717, 1.165) is 23.1 Å². The zero-order chi connectivity index (χ0) is 14.4. The van der Waals surface area contributed by atoms with Crippen molar-refractivity contribution in [3.8, 4) is 11.1 Å². The minimum atomic E-state index is 0.179. The average Bonchev–Trinajstić information content (AvgIpc) is 2.78. The summed E-state index contributed by atoms with van der Waals surface area (Å²) in [6.45, 7) is 0. The van der Waals surface area contributed by atoms with Crippen molar-refractivity contribution in [1.82, 2.24) is 0 Å². The van der Waals surface area contributed by atoms with Gasteiger partial charge in [-0.25, -0.2) is 0 Å². The molecule has 0 unspecified atom stereocenters. The second-order valence-corrected chi connectivity index (χ2v) is 6.21. The molecule has 1 nitrogen and oxygen atoms in total. The SMILES string of the molecule is O=C1CCc2cc(-c3c(Cl)cc(Cl)c(Cl)c3Cl)ccc21. The number of fused-ring (bicyclic) bond motifs is 1. The van der Waals surface area contributed by atoms with E-state index in [-0.39, 0.29) is 10.8 Å². The van der Waals surface area contributed by atoms with Crippen LogP contribution >= 0.6 is 46.4 Å². The summed E-state index contributed by atoms with van der Waals surface area (Å²) in [6, 6.07) is 7.16. The lowest BCUT2D eigenvalue weighted by molar-refractivity contribution is 0.0994. The topological polar surface area (TPSA) is 17.1 Å². The number of halogens is 4. The first-order valence-corrected chi connectivity index (χ1v) is 7.49. The monoisotopic (exact) mass is 344 g/mol. The number of hydrogen-bond donors (Lipinski definition) is 0. The molecule has 2 aromatic carbocycles. The molecule has 0 heterocycles. The summed E-state index contributed by atoms with van der Waals surface area (Å²) in [5.41, 5.74) is 3.28. The van der Waals surface area contributed by atoms with Crippen LogP contribution in [0.15, 0.2) is 24.3 Å². The molecule has 0 spiro atoms. The van der Waals surface area contributed by atoms with Gasteiger partial charge in [-0.3, -0.25) is 4.79 Å². The second-order valence-electron chi connectivity index (χ2n) is 4.64. The molecule has 2 aromatic rings. The molecule has 0 saturated carbocycles. The summed E-state index contributed by atoms with van der Waals surface area (Å²) in [7, 11) is 0. The maximum atomic E-state index is 11.7. The smallest absolute Gasteiger partial charge is 0.163 e. The predicted octanol–water partition coefficient (Wildman–Crippen LogP) is 6.10. The number of aryl methyl sites for hydroxylation is 1. The number of benzene rings is 2. The van der Waals surface area contributed by atoms with Gasteiger partial charge in [-0.05, 0) is 23.6 Å². The van der Waals surface area contributed by atoms with Gasteiger partial charge in [-0.2, -0.15) is 0 Å². The summed E-state index contributed by atoms with van der Waals surface area (Å²) >= 11 is 24.5. The van der Waals surface area contributed by atoms with Crippen molar-refractivity contribution in [2.75, 3.05) is 0 Å². The zero-order valence-corrected chi connectivity index (χ0v) is 13.2. The van der Waals surface area contributed by atoms with Crippen molar-refractivity contribution in [1.29, 1.82) is 0 Å². The molecule has 1 aliphatic carbocycles. The van der Waals surface area contributed by atoms with Gasteiger partial charge in [0.05, 0.1) is 20.1 Å². The van der Waals surface area contributed by atoms with E-state index in [1.54, 1.807) is 6.07 Å². The van der Waals surface area contributed by atoms with Crippen molar-refractivity contribution in [2.24, 2.45) is 0 Å². The van der Waals surface area contributed by atoms with Crippen molar-refractivity contribution < 1.29 is 4.79 Å². The molecule has 0 aromatic heterocycles. The van der Waals surface area contributed by atoms with Crippen LogP contribution in [0.3, 0.4) is 0 Å². The van der Waals surface area contributed by atoms with Crippen LogP contribution in [0.5, 0.6) is 0 Å². The minimum absolute atomic E-state index is 0.179. The van der Waals surface area contributed by atoms with Gasteiger partial charge in [0.25, 0.3) is 0 Å². The van der Waals surface area contributed by atoms with E-state index in [9.17, 15) is 4.79 Å². The molecule has 102 valence electrons. The van der Waals surface area contributed by atoms with Crippen LogP contribution in [0, 0.1) is 0 Å². The highest BCUT2D eigenvalue weighted by Crippen LogP contribution is 2.43. The average molecular weight is 346 g/mol. The first-order valence-electron chi connectivity index (χ1n) is 5.98. The van der Waals surface area contributed by atoms with Crippen LogP contribution in [0.1, 0.15) is 22.3 Å². The number of Topliss-reactive ketones (excluding diaryl/α,β-unsaturated/α-hetero) is 1. The van der Waals surface area contributed by atoms with Crippen molar-refractivity contribution in [3.05, 3.63) is 55.5 Å². The van der Waals surface area contributed by atoms with E-state index in [1.165, 1.54) is 0 Å². The lowest BCUT2D eigenvalue weighted by Crippen LogP contribution is -1.92. The minimum Gasteiger partial charge on any atom is -0.294 e. The molecule has 0 bridgehead atoms. The Morgan fingerprint density at radius 2 is 1.60 bits per heavy atom. The van der Waals surface area contributed by atoms with Gasteiger partial charge in [0, 0.05) is 17.5 Å². The largest absolute Gasteiger partial charge is 0.294 e. The van der Waals surface area contributed by atoms with E-state index in [4.69, 9.17) is 46.4 Å². The maximum absolute atomic E-state index is 11.7. The molecule has 0 amide bonds. The van der Waals surface area contributed by atoms with Crippen LogP contribution in [-0.4, -0.2) is 5.78 Å². The van der Waals surface area contributed by atoms with Gasteiger partial charge in [-0.1, -0.05) is 64.6 Å². The summed E-state index contributed by atoms with van der Waals surface area (Å²) in [6.07, 6.45) is 1.31. The van der Waals surface area contributed by atoms with Gasteiger partial charge in [0.2, 0.25) is 0 Å². The van der Waals surface area contributed by atoms with E-state index < -0.39 is 0 Å². The van der Waals surface area contributed by atoms with E-state index >= 15 is 0 Å². The Balaban J connectivity index is 2.20. The summed E-state index contributed by atoms with van der Waals surface area (Å²) in [5, 5.41) is 1.37. The highest BCUT2D eigenvalue weighted by Gasteiger charge is 2.21. The molecule has 0 radical (unpaired) electrons. The molecule has 0 N–H and O–H groups in total. The Kier molecular flexibility index (Phi) is 3.72. The van der Waals surface area contributed by atoms with Crippen LogP contribution < -0.4 is 0 Å². The van der Waals surface area contributed by atoms with Crippen molar-refractivity contribution in [2.45, 2.75) is 12.8 Å². The summed E-state index contributed by atoms with van der Waals surface area (Å²) < 4.78 is 0. The standard InChI is InChI=1S/C15H8Cl4O/c16-10-6-11(17)14(18)15(19)13(10)8-1-3-9-7(5-8)2-4-12(9)20/h1,3,5-6H,2,4H2. The lowest BCUT2D eigenvalue weighted by Gasteiger charge is -2.11. The third-order valence-electron chi connectivity index (χ3n) is 3.43. The Hall–Kier alpha value is -0.730. The third-order valence-corrected chi connectivity index (χ3v) is 4.99. The highest BCUT2D eigenvalue weighted by atomic mass is 35.5. The summed E-state index contributed by atoms with van der Waals surface area (Å²) in [4.78, 5) is 11.7. The van der Waals surface area contributed by atoms with Crippen LogP contribution in [-0.2, 0) is 6.42 Å². The number of carbonyl (C=O) groups is 1. The van der Waals surface area contributed by atoms with E-state index in [2.05, 4.69) is 0 Å². The van der Waals surface area contributed by atoms with Crippen LogP contribution in [0.4, 0.5) is 0 Å². The molecular formula is C15H8Cl4O. The molecule has 0 fully saturated rings. The van der Waals surface area contributed by atoms with Crippen LogP contribution in [0.25, 0.3) is 11.1 Å². The van der Waals surface area contributed by atoms with Crippen molar-refractivity contribution >= 4 is 52.2 Å². The van der Waals surface area contributed by atoms with E-state index in [0.29, 0.717) is 27.1 Å². The fourth-order valence-electron chi connectivity index (χ4n) is 2.44. The molecule has 0 atom stereocenters. The number of ketones is 1. The fourth-order valence-corrected chi connectivity index (χ4v) is 3.57. The first kappa shape index (κ1) is 14.2. The van der Waals surface area contributed by atoms with Gasteiger partial charge >= 0.3 is 0 Å². The third kappa shape index (κ3) is 2.23. The Morgan fingerprint density at radius 3 is 2.35 bits per heavy atom. The maximum Gasteiger partial charge on any atom is 0.163 e. The number of carbonyl (C=O) groups excluding carboxylic acids is 1. The van der Waals surface area contributed by atoms with Gasteiger partial charge in [0.1, 0.15) is 0 Å². The number of hydrogen-bond acceptors (Lipinski definition) is 1. The normalized spacial score (nSPS) is 13.7. The molecule has 3 rings (SSSR count). The Morgan fingerprint density at radius 1 is 0.850 bits per heavy atom.